The van der Waals surface area contributed by atoms with E-state index in [0.29, 0.717) is 35.2 Å². The number of benzene rings is 3. The van der Waals surface area contributed by atoms with Gasteiger partial charge in [0, 0.05) is 53.7 Å². The van der Waals surface area contributed by atoms with Crippen LogP contribution in [0.4, 0.5) is 11.4 Å². The van der Waals surface area contributed by atoms with Crippen LogP contribution in [0.1, 0.15) is 46.0 Å². The number of piperazine rings is 1. The van der Waals surface area contributed by atoms with Gasteiger partial charge in [0.25, 0.3) is 11.8 Å². The summed E-state index contributed by atoms with van der Waals surface area (Å²) in [6, 6.07) is 22.6. The zero-order valence-corrected chi connectivity index (χ0v) is 19.7. The maximum Gasteiger partial charge on any atom is 0.255 e. The first kappa shape index (κ1) is 22.9. The normalized spacial score (nSPS) is 13.8. The van der Waals surface area contributed by atoms with Gasteiger partial charge < -0.3 is 15.1 Å². The van der Waals surface area contributed by atoms with Crippen molar-refractivity contribution in [3.05, 3.63) is 94.5 Å². The third-order valence-electron chi connectivity index (χ3n) is 5.99. The van der Waals surface area contributed by atoms with Crippen molar-refractivity contribution in [2.75, 3.05) is 36.4 Å². The van der Waals surface area contributed by atoms with Crippen molar-refractivity contribution in [3.8, 4) is 0 Å². The van der Waals surface area contributed by atoms with Gasteiger partial charge in [-0.15, -0.1) is 0 Å². The minimum Gasteiger partial charge on any atom is -0.368 e. The van der Waals surface area contributed by atoms with Gasteiger partial charge >= 0.3 is 0 Å². The molecule has 33 heavy (non-hydrogen) atoms. The molecule has 170 valence electrons. The first-order valence-electron chi connectivity index (χ1n) is 11.2. The lowest BCUT2D eigenvalue weighted by molar-refractivity contribution is 0.0746. The van der Waals surface area contributed by atoms with Crippen LogP contribution in [0.2, 0.25) is 5.02 Å². The highest BCUT2D eigenvalue weighted by Gasteiger charge is 2.22. The lowest BCUT2D eigenvalue weighted by Gasteiger charge is -2.36. The van der Waals surface area contributed by atoms with Crippen molar-refractivity contribution in [1.29, 1.82) is 0 Å². The number of hydrogen-bond donors (Lipinski definition) is 1. The summed E-state index contributed by atoms with van der Waals surface area (Å²) in [5.41, 5.74) is 4.35. The summed E-state index contributed by atoms with van der Waals surface area (Å²) >= 11 is 5.92. The van der Waals surface area contributed by atoms with E-state index >= 15 is 0 Å². The predicted octanol–water partition coefficient (Wildman–Crippen LogP) is 5.68. The lowest BCUT2D eigenvalue weighted by atomic mass is 10.0. The van der Waals surface area contributed by atoms with Crippen molar-refractivity contribution in [1.82, 2.24) is 4.90 Å². The fraction of sp³-hybridized carbons (Fsp3) is 0.259. The minimum atomic E-state index is -0.118. The van der Waals surface area contributed by atoms with E-state index in [1.807, 2.05) is 53.4 Å². The number of rotatable bonds is 5. The van der Waals surface area contributed by atoms with Gasteiger partial charge in [-0.25, -0.2) is 0 Å². The molecule has 6 heteroatoms. The molecule has 1 aliphatic rings. The number of anilines is 2. The van der Waals surface area contributed by atoms with Crippen LogP contribution in [0.15, 0.2) is 72.8 Å². The van der Waals surface area contributed by atoms with E-state index in [1.165, 1.54) is 5.56 Å². The molecule has 0 aliphatic carbocycles. The van der Waals surface area contributed by atoms with Crippen molar-refractivity contribution in [3.63, 3.8) is 0 Å². The molecule has 1 N–H and O–H groups in total. The Morgan fingerprint density at radius 3 is 1.94 bits per heavy atom. The summed E-state index contributed by atoms with van der Waals surface area (Å²) in [7, 11) is 0. The predicted molar refractivity (Wildman–Crippen MR) is 134 cm³/mol. The van der Waals surface area contributed by atoms with E-state index in [2.05, 4.69) is 24.1 Å². The molecule has 3 aromatic carbocycles. The molecule has 0 aromatic heterocycles. The quantitative estimate of drug-likeness (QED) is 0.532. The van der Waals surface area contributed by atoms with E-state index in [1.54, 1.807) is 24.3 Å². The Morgan fingerprint density at radius 2 is 1.36 bits per heavy atom. The van der Waals surface area contributed by atoms with Crippen LogP contribution < -0.4 is 10.2 Å². The summed E-state index contributed by atoms with van der Waals surface area (Å²) in [5.74, 6) is 0.352. The molecule has 3 aromatic rings. The summed E-state index contributed by atoms with van der Waals surface area (Å²) in [6.45, 7) is 7.10. The second-order valence-electron chi connectivity index (χ2n) is 8.56. The van der Waals surface area contributed by atoms with Crippen LogP contribution in [0, 0.1) is 0 Å². The minimum absolute atomic E-state index is 0.0332. The van der Waals surface area contributed by atoms with Crippen molar-refractivity contribution in [2.24, 2.45) is 0 Å². The average Bonchev–Trinajstić information content (AvgIpc) is 2.85. The van der Waals surface area contributed by atoms with Gasteiger partial charge in [-0.3, -0.25) is 9.59 Å². The molecule has 1 saturated heterocycles. The molecular formula is C27H28ClN3O2. The summed E-state index contributed by atoms with van der Waals surface area (Å²) in [4.78, 5) is 29.4. The maximum absolute atomic E-state index is 12.7. The fourth-order valence-electron chi connectivity index (χ4n) is 3.92. The van der Waals surface area contributed by atoms with Gasteiger partial charge in [0.2, 0.25) is 0 Å². The van der Waals surface area contributed by atoms with E-state index in [0.717, 1.165) is 24.5 Å². The second-order valence-corrected chi connectivity index (χ2v) is 9.00. The lowest BCUT2D eigenvalue weighted by Crippen LogP contribution is -2.48. The number of amides is 2. The Morgan fingerprint density at radius 1 is 0.788 bits per heavy atom. The van der Waals surface area contributed by atoms with Crippen LogP contribution in [-0.4, -0.2) is 42.9 Å². The third kappa shape index (κ3) is 5.55. The Kier molecular flexibility index (Phi) is 6.99. The van der Waals surface area contributed by atoms with Gasteiger partial charge in [-0.05, 0) is 72.1 Å². The van der Waals surface area contributed by atoms with Crippen LogP contribution in [0.5, 0.6) is 0 Å². The van der Waals surface area contributed by atoms with Gasteiger partial charge in [0.1, 0.15) is 0 Å². The summed E-state index contributed by atoms with van der Waals surface area (Å²) in [5, 5.41) is 3.59. The third-order valence-corrected chi connectivity index (χ3v) is 6.24. The van der Waals surface area contributed by atoms with Crippen molar-refractivity contribution in [2.45, 2.75) is 19.8 Å². The second kappa shape index (κ2) is 10.1. The first-order chi connectivity index (χ1) is 15.9. The van der Waals surface area contributed by atoms with Gasteiger partial charge in [-0.1, -0.05) is 37.6 Å². The number of halogens is 1. The smallest absolute Gasteiger partial charge is 0.255 e. The zero-order chi connectivity index (χ0) is 23.4. The molecule has 5 nitrogen and oxygen atoms in total. The SMILES string of the molecule is CC(C)c1ccc(C(=O)Nc2ccc(N3CCN(C(=O)c4ccc(Cl)cc4)CC3)cc2)cc1. The van der Waals surface area contributed by atoms with E-state index in [4.69, 9.17) is 11.6 Å². The molecule has 0 bridgehead atoms. The molecule has 0 unspecified atom stereocenters. The molecule has 0 spiro atoms. The van der Waals surface area contributed by atoms with Crippen LogP contribution in [0.25, 0.3) is 0 Å². The molecule has 1 aliphatic heterocycles. The molecule has 0 saturated carbocycles. The molecule has 2 amide bonds. The van der Waals surface area contributed by atoms with Crippen molar-refractivity contribution < 1.29 is 9.59 Å². The van der Waals surface area contributed by atoms with Gasteiger partial charge in [0.15, 0.2) is 0 Å². The first-order valence-corrected chi connectivity index (χ1v) is 11.6. The highest BCUT2D eigenvalue weighted by atomic mass is 35.5. The van der Waals surface area contributed by atoms with E-state index < -0.39 is 0 Å². The monoisotopic (exact) mass is 461 g/mol. The summed E-state index contributed by atoms with van der Waals surface area (Å²) in [6.07, 6.45) is 0. The number of carbonyl (C=O) groups excluding carboxylic acids is 2. The largest absolute Gasteiger partial charge is 0.368 e. The van der Waals surface area contributed by atoms with E-state index in [9.17, 15) is 9.59 Å². The molecule has 1 fully saturated rings. The molecule has 4 rings (SSSR count). The molecule has 1 heterocycles. The number of nitrogens with one attached hydrogen (secondary N) is 1. The van der Waals surface area contributed by atoms with Crippen molar-refractivity contribution >= 4 is 34.8 Å². The highest BCUT2D eigenvalue weighted by Crippen LogP contribution is 2.22. The summed E-state index contributed by atoms with van der Waals surface area (Å²) < 4.78 is 0. The number of hydrogen-bond acceptors (Lipinski definition) is 3. The molecular weight excluding hydrogens is 434 g/mol. The topological polar surface area (TPSA) is 52.7 Å². The zero-order valence-electron chi connectivity index (χ0n) is 18.9. The Balaban J connectivity index is 1.32. The molecule has 0 radical (unpaired) electrons. The maximum atomic E-state index is 12.7. The fourth-order valence-corrected chi connectivity index (χ4v) is 4.05. The average molecular weight is 462 g/mol. The Hall–Kier alpha value is -3.31. The van der Waals surface area contributed by atoms with E-state index in [-0.39, 0.29) is 11.8 Å². The van der Waals surface area contributed by atoms with Crippen LogP contribution in [0.3, 0.4) is 0 Å². The molecule has 0 atom stereocenters. The Labute approximate surface area is 200 Å². The van der Waals surface area contributed by atoms with Gasteiger partial charge in [-0.2, -0.15) is 0 Å². The standard InChI is InChI=1S/C27H28ClN3O2/c1-19(2)20-3-5-21(6-4-20)26(32)29-24-11-13-25(14-12-24)30-15-17-31(18-16-30)27(33)22-7-9-23(28)10-8-22/h3-14,19H,15-18H2,1-2H3,(H,29,32). The Bertz CT molecular complexity index is 1100. The van der Waals surface area contributed by atoms with Gasteiger partial charge in [0.05, 0.1) is 0 Å². The number of nitrogens with zero attached hydrogens (tertiary/aromatic N) is 2. The van der Waals surface area contributed by atoms with Crippen LogP contribution in [-0.2, 0) is 0 Å². The highest BCUT2D eigenvalue weighted by molar-refractivity contribution is 6.30. The number of carbonyl (C=O) groups is 2. The van der Waals surface area contributed by atoms with Crippen LogP contribution >= 0.6 is 11.6 Å².